The highest BCUT2D eigenvalue weighted by Gasteiger charge is 2.53. The molecule has 2 aromatic carbocycles. The van der Waals surface area contributed by atoms with Crippen molar-refractivity contribution in [1.29, 1.82) is 0 Å². The SMILES string of the molecule is COc1ccc(CN(Cc2ccc(OC)cc2)c2cc(B3OC(C)(C)C(C)(C)O3)c(OC(F)F)c(C)n2)cc1. The maximum atomic E-state index is 13.5. The summed E-state index contributed by atoms with van der Waals surface area (Å²) >= 11 is 0. The molecule has 4 rings (SSSR count). The van der Waals surface area contributed by atoms with E-state index in [1.165, 1.54) is 0 Å². The van der Waals surface area contributed by atoms with Crippen LogP contribution in [-0.2, 0) is 22.4 Å². The fourth-order valence-electron chi connectivity index (χ4n) is 4.34. The Morgan fingerprint density at radius 2 is 1.31 bits per heavy atom. The lowest BCUT2D eigenvalue weighted by Crippen LogP contribution is -2.41. The third-order valence-electron chi connectivity index (χ3n) is 7.26. The number of rotatable bonds is 10. The second-order valence-electron chi connectivity index (χ2n) is 10.5. The van der Waals surface area contributed by atoms with Crippen molar-refractivity contribution >= 4 is 18.4 Å². The van der Waals surface area contributed by atoms with Crippen molar-refractivity contribution < 1.29 is 32.3 Å². The normalized spacial score (nSPS) is 15.9. The first-order valence-electron chi connectivity index (χ1n) is 12.7. The van der Waals surface area contributed by atoms with Crippen LogP contribution in [0.4, 0.5) is 14.6 Å². The van der Waals surface area contributed by atoms with E-state index < -0.39 is 24.9 Å². The first-order valence-corrected chi connectivity index (χ1v) is 12.7. The van der Waals surface area contributed by atoms with Gasteiger partial charge in [-0.3, -0.25) is 0 Å². The summed E-state index contributed by atoms with van der Waals surface area (Å²) in [5.41, 5.74) is 1.40. The molecule has 1 fully saturated rings. The van der Waals surface area contributed by atoms with Crippen molar-refractivity contribution in [3.63, 3.8) is 0 Å². The molecule has 1 aliphatic rings. The average Bonchev–Trinajstić information content (AvgIpc) is 3.11. The van der Waals surface area contributed by atoms with E-state index in [9.17, 15) is 8.78 Å². The standard InChI is InChI=1S/C29H35BF2N2O5/c1-19-26(37-27(31)32)24(30-38-28(2,3)29(4,5)39-30)16-25(33-19)34(17-20-8-12-22(35-6)13-9-20)18-21-10-14-23(36-7)15-11-21/h8-16,27H,17-18H2,1-7H3. The molecule has 0 spiro atoms. The van der Waals surface area contributed by atoms with E-state index in [1.54, 1.807) is 27.2 Å². The number of ether oxygens (including phenoxy) is 3. The van der Waals surface area contributed by atoms with Crippen molar-refractivity contribution in [2.45, 2.75) is 65.5 Å². The minimum Gasteiger partial charge on any atom is -0.497 e. The minimum absolute atomic E-state index is 0.0407. The first-order chi connectivity index (χ1) is 18.4. The highest BCUT2D eigenvalue weighted by Crippen LogP contribution is 2.38. The molecule has 0 aliphatic carbocycles. The van der Waals surface area contributed by atoms with Gasteiger partial charge in [0.15, 0.2) is 0 Å². The summed E-state index contributed by atoms with van der Waals surface area (Å²) in [5.74, 6) is 2.04. The van der Waals surface area contributed by atoms with E-state index in [0.29, 0.717) is 30.1 Å². The maximum Gasteiger partial charge on any atom is 0.498 e. The van der Waals surface area contributed by atoms with E-state index in [1.807, 2.05) is 76.2 Å². The van der Waals surface area contributed by atoms with Gasteiger partial charge in [0, 0.05) is 18.6 Å². The molecule has 39 heavy (non-hydrogen) atoms. The van der Waals surface area contributed by atoms with Gasteiger partial charge in [0.25, 0.3) is 0 Å². The van der Waals surface area contributed by atoms with Gasteiger partial charge in [-0.2, -0.15) is 8.78 Å². The molecule has 0 bridgehead atoms. The van der Waals surface area contributed by atoms with Crippen LogP contribution in [0.3, 0.4) is 0 Å². The summed E-state index contributed by atoms with van der Waals surface area (Å²) in [6, 6.07) is 17.2. The van der Waals surface area contributed by atoms with Crippen LogP contribution in [0.2, 0.25) is 0 Å². The zero-order chi connectivity index (χ0) is 28.4. The van der Waals surface area contributed by atoms with Gasteiger partial charge in [0.1, 0.15) is 23.1 Å². The molecule has 0 N–H and O–H groups in total. The highest BCUT2D eigenvalue weighted by atomic mass is 19.3. The number of anilines is 1. The quantitative estimate of drug-likeness (QED) is 0.314. The van der Waals surface area contributed by atoms with Crippen LogP contribution in [-0.4, -0.2) is 44.1 Å². The summed E-state index contributed by atoms with van der Waals surface area (Å²) in [5, 5.41) is 0. The van der Waals surface area contributed by atoms with Crippen LogP contribution < -0.4 is 24.6 Å². The summed E-state index contributed by atoms with van der Waals surface area (Å²) in [7, 11) is 2.34. The van der Waals surface area contributed by atoms with Gasteiger partial charge >= 0.3 is 13.7 Å². The molecule has 1 aromatic heterocycles. The number of hydrogen-bond donors (Lipinski definition) is 0. The number of nitrogens with zero attached hydrogens (tertiary/aromatic N) is 2. The van der Waals surface area contributed by atoms with Gasteiger partial charge in [0.2, 0.25) is 0 Å². The van der Waals surface area contributed by atoms with Crippen LogP contribution in [0.5, 0.6) is 17.2 Å². The minimum atomic E-state index is -3.02. The maximum absolute atomic E-state index is 13.5. The fourth-order valence-corrected chi connectivity index (χ4v) is 4.34. The molecule has 1 saturated heterocycles. The van der Waals surface area contributed by atoms with Gasteiger partial charge < -0.3 is 28.4 Å². The van der Waals surface area contributed by atoms with Crippen molar-refractivity contribution in [3.05, 3.63) is 71.4 Å². The zero-order valence-electron chi connectivity index (χ0n) is 23.5. The van der Waals surface area contributed by atoms with Crippen molar-refractivity contribution in [3.8, 4) is 17.2 Å². The molecule has 0 saturated carbocycles. The molecule has 0 radical (unpaired) electrons. The number of methoxy groups -OCH3 is 2. The Labute approximate surface area is 229 Å². The van der Waals surface area contributed by atoms with Gasteiger partial charge in [-0.1, -0.05) is 24.3 Å². The number of hydrogen-bond acceptors (Lipinski definition) is 7. The van der Waals surface area contributed by atoms with Crippen molar-refractivity contribution in [2.24, 2.45) is 0 Å². The molecule has 208 valence electrons. The molecule has 0 unspecified atom stereocenters. The summed E-state index contributed by atoms with van der Waals surface area (Å²) < 4.78 is 54.9. The Hall–Kier alpha value is -3.37. The average molecular weight is 540 g/mol. The zero-order valence-corrected chi connectivity index (χ0v) is 23.5. The molecule has 0 atom stereocenters. The molecular weight excluding hydrogens is 505 g/mol. The predicted molar refractivity (Wildman–Crippen MR) is 147 cm³/mol. The summed E-state index contributed by atoms with van der Waals surface area (Å²) in [6.45, 7) is 7.28. The predicted octanol–water partition coefficient (Wildman–Crippen LogP) is 5.51. The van der Waals surface area contributed by atoms with E-state index in [2.05, 4.69) is 4.90 Å². The smallest absolute Gasteiger partial charge is 0.497 e. The lowest BCUT2D eigenvalue weighted by Gasteiger charge is -2.32. The fraction of sp³-hybridized carbons (Fsp3) is 0.414. The van der Waals surface area contributed by atoms with Gasteiger partial charge in [-0.05, 0) is 76.1 Å². The number of pyridine rings is 1. The molecule has 3 aromatic rings. The van der Waals surface area contributed by atoms with Crippen molar-refractivity contribution in [2.75, 3.05) is 19.1 Å². The van der Waals surface area contributed by atoms with Crippen molar-refractivity contribution in [1.82, 2.24) is 4.98 Å². The van der Waals surface area contributed by atoms with Crippen LogP contribution in [0.15, 0.2) is 54.6 Å². The second kappa shape index (κ2) is 11.4. The first kappa shape index (κ1) is 28.6. The van der Waals surface area contributed by atoms with Crippen LogP contribution in [0.1, 0.15) is 44.5 Å². The lowest BCUT2D eigenvalue weighted by atomic mass is 9.78. The van der Waals surface area contributed by atoms with Crippen LogP contribution in [0.25, 0.3) is 0 Å². The molecular formula is C29H35BF2N2O5. The second-order valence-corrected chi connectivity index (χ2v) is 10.5. The number of aromatic nitrogens is 1. The molecule has 2 heterocycles. The number of benzene rings is 2. The van der Waals surface area contributed by atoms with Gasteiger partial charge in [-0.25, -0.2) is 4.98 Å². The summed E-state index contributed by atoms with van der Waals surface area (Å²) in [4.78, 5) is 6.77. The topological polar surface area (TPSA) is 62.3 Å². The Morgan fingerprint density at radius 3 is 1.72 bits per heavy atom. The Kier molecular flexibility index (Phi) is 8.37. The number of halogens is 2. The van der Waals surface area contributed by atoms with Crippen LogP contribution in [0, 0.1) is 6.92 Å². The number of alkyl halides is 2. The third-order valence-corrected chi connectivity index (χ3v) is 7.26. The number of aryl methyl sites for hydroxylation is 1. The van der Waals surface area contributed by atoms with Gasteiger partial charge in [-0.15, -0.1) is 0 Å². The largest absolute Gasteiger partial charge is 0.498 e. The van der Waals surface area contributed by atoms with E-state index >= 15 is 0 Å². The lowest BCUT2D eigenvalue weighted by molar-refractivity contribution is -0.0499. The summed E-state index contributed by atoms with van der Waals surface area (Å²) in [6.07, 6.45) is 0. The molecule has 7 nitrogen and oxygen atoms in total. The Bertz CT molecular complexity index is 1200. The van der Waals surface area contributed by atoms with Gasteiger partial charge in [0.05, 0.1) is 31.1 Å². The van der Waals surface area contributed by atoms with E-state index in [4.69, 9.17) is 28.5 Å². The van der Waals surface area contributed by atoms with Crippen LogP contribution >= 0.6 is 0 Å². The third kappa shape index (κ3) is 6.45. The Balaban J connectivity index is 1.77. The van der Waals surface area contributed by atoms with E-state index in [-0.39, 0.29) is 5.75 Å². The Morgan fingerprint density at radius 1 is 0.846 bits per heavy atom. The molecule has 0 amide bonds. The highest BCUT2D eigenvalue weighted by molar-refractivity contribution is 6.63. The molecule has 1 aliphatic heterocycles. The van der Waals surface area contributed by atoms with E-state index in [0.717, 1.165) is 22.6 Å². The monoisotopic (exact) mass is 540 g/mol. The molecule has 10 heteroatoms.